The Bertz CT molecular complexity index is 790. The SMILES string of the molecule is c1ccc(-c2ccc(-c3ccc4cc3N=N4)cc2)nc1. The molecule has 0 aliphatic carbocycles. The second-order valence-corrected chi connectivity index (χ2v) is 4.69. The molecule has 0 radical (unpaired) electrons. The van der Waals surface area contributed by atoms with Crippen molar-refractivity contribution in [3.05, 3.63) is 66.9 Å². The largest absolute Gasteiger partial charge is 0.256 e. The van der Waals surface area contributed by atoms with E-state index < -0.39 is 0 Å². The van der Waals surface area contributed by atoms with E-state index in [4.69, 9.17) is 0 Å². The van der Waals surface area contributed by atoms with Crippen molar-refractivity contribution in [2.45, 2.75) is 0 Å². The molecule has 3 aromatic rings. The smallest absolute Gasteiger partial charge is 0.0957 e. The minimum absolute atomic E-state index is 0.925. The Morgan fingerprint density at radius 3 is 2.35 bits per heavy atom. The third kappa shape index (κ3) is 1.80. The average molecular weight is 257 g/mol. The molecule has 2 bridgehead atoms. The highest BCUT2D eigenvalue weighted by molar-refractivity contribution is 5.80. The van der Waals surface area contributed by atoms with Crippen LogP contribution in [0.5, 0.6) is 0 Å². The van der Waals surface area contributed by atoms with Crippen molar-refractivity contribution < 1.29 is 0 Å². The van der Waals surface area contributed by atoms with Crippen LogP contribution in [0.1, 0.15) is 0 Å². The molecule has 3 heteroatoms. The predicted molar refractivity (Wildman–Crippen MR) is 79.3 cm³/mol. The monoisotopic (exact) mass is 257 g/mol. The van der Waals surface area contributed by atoms with Crippen LogP contribution in [0.2, 0.25) is 0 Å². The molecule has 0 unspecified atom stereocenters. The number of nitrogens with zero attached hydrogens (tertiary/aromatic N) is 3. The van der Waals surface area contributed by atoms with Gasteiger partial charge in [0.2, 0.25) is 0 Å². The number of azo groups is 1. The van der Waals surface area contributed by atoms with E-state index in [0.717, 1.165) is 33.8 Å². The molecule has 0 saturated carbocycles. The first kappa shape index (κ1) is 11.1. The van der Waals surface area contributed by atoms with Gasteiger partial charge in [-0.2, -0.15) is 5.11 Å². The second kappa shape index (κ2) is 4.38. The second-order valence-electron chi connectivity index (χ2n) is 4.69. The lowest BCUT2D eigenvalue weighted by Crippen LogP contribution is -1.82. The standard InChI is InChI=1S/C17H11N3/c1-2-10-18-16(3-1)13-6-4-12(5-7-13)15-9-8-14-11-17(15)20-19-14/h1-11H. The van der Waals surface area contributed by atoms with Crippen LogP contribution in [0.25, 0.3) is 22.4 Å². The Kier molecular flexibility index (Phi) is 2.42. The number of benzene rings is 2. The fourth-order valence-electron chi connectivity index (χ4n) is 2.37. The Labute approximate surface area is 116 Å². The predicted octanol–water partition coefficient (Wildman–Crippen LogP) is 5.14. The van der Waals surface area contributed by atoms with Crippen LogP contribution in [0.3, 0.4) is 0 Å². The first-order valence-corrected chi connectivity index (χ1v) is 6.48. The first-order chi connectivity index (χ1) is 9.90. The van der Waals surface area contributed by atoms with E-state index in [2.05, 4.69) is 45.5 Å². The number of hydrogen-bond donors (Lipinski definition) is 0. The van der Waals surface area contributed by atoms with Crippen LogP contribution < -0.4 is 0 Å². The van der Waals surface area contributed by atoms with Gasteiger partial charge in [-0.25, -0.2) is 0 Å². The molecule has 0 saturated heterocycles. The summed E-state index contributed by atoms with van der Waals surface area (Å²) in [5.41, 5.74) is 6.22. The van der Waals surface area contributed by atoms with Crippen LogP contribution >= 0.6 is 0 Å². The van der Waals surface area contributed by atoms with Crippen molar-refractivity contribution in [3.8, 4) is 22.4 Å². The van der Waals surface area contributed by atoms with Crippen LogP contribution in [-0.4, -0.2) is 4.98 Å². The third-order valence-electron chi connectivity index (χ3n) is 3.41. The molecule has 94 valence electrons. The molecule has 3 nitrogen and oxygen atoms in total. The highest BCUT2D eigenvalue weighted by Gasteiger charge is 2.10. The van der Waals surface area contributed by atoms with E-state index in [1.54, 1.807) is 0 Å². The minimum atomic E-state index is 0.925. The van der Waals surface area contributed by atoms with E-state index in [9.17, 15) is 0 Å². The number of pyridine rings is 1. The zero-order chi connectivity index (χ0) is 13.4. The van der Waals surface area contributed by atoms with Gasteiger partial charge in [0.05, 0.1) is 17.1 Å². The maximum Gasteiger partial charge on any atom is 0.0957 e. The zero-order valence-corrected chi connectivity index (χ0v) is 10.7. The highest BCUT2D eigenvalue weighted by Crippen LogP contribution is 2.39. The van der Waals surface area contributed by atoms with Gasteiger partial charge < -0.3 is 0 Å². The van der Waals surface area contributed by atoms with Crippen molar-refractivity contribution in [1.29, 1.82) is 0 Å². The van der Waals surface area contributed by atoms with Crippen LogP contribution in [0.15, 0.2) is 77.1 Å². The number of hydrogen-bond acceptors (Lipinski definition) is 3. The van der Waals surface area contributed by atoms with Gasteiger partial charge in [-0.05, 0) is 35.9 Å². The molecule has 2 heterocycles. The van der Waals surface area contributed by atoms with E-state index in [1.807, 2.05) is 36.5 Å². The zero-order valence-electron chi connectivity index (χ0n) is 10.7. The van der Waals surface area contributed by atoms with E-state index in [-0.39, 0.29) is 0 Å². The maximum atomic E-state index is 4.36. The summed E-state index contributed by atoms with van der Waals surface area (Å²) in [4.78, 5) is 4.36. The quantitative estimate of drug-likeness (QED) is 0.489. The number of fused-ring (bicyclic) bond motifs is 2. The van der Waals surface area contributed by atoms with Crippen LogP contribution in [-0.2, 0) is 0 Å². The van der Waals surface area contributed by atoms with Gasteiger partial charge in [0.1, 0.15) is 0 Å². The molecule has 4 rings (SSSR count). The molecule has 1 aliphatic heterocycles. The lowest BCUT2D eigenvalue weighted by Gasteiger charge is -2.05. The molecule has 20 heavy (non-hydrogen) atoms. The van der Waals surface area contributed by atoms with Gasteiger partial charge in [0.15, 0.2) is 0 Å². The minimum Gasteiger partial charge on any atom is -0.256 e. The summed E-state index contributed by atoms with van der Waals surface area (Å²) in [6.07, 6.45) is 1.81. The maximum absolute atomic E-state index is 4.36. The molecule has 2 aromatic carbocycles. The Morgan fingerprint density at radius 1 is 0.700 bits per heavy atom. The topological polar surface area (TPSA) is 37.6 Å². The lowest BCUT2D eigenvalue weighted by atomic mass is 10.0. The van der Waals surface area contributed by atoms with Gasteiger partial charge in [0.25, 0.3) is 0 Å². The van der Waals surface area contributed by atoms with E-state index >= 15 is 0 Å². The van der Waals surface area contributed by atoms with Gasteiger partial charge in [-0.3, -0.25) is 4.98 Å². The summed E-state index contributed by atoms with van der Waals surface area (Å²) >= 11 is 0. The summed E-state index contributed by atoms with van der Waals surface area (Å²) in [5, 5.41) is 8.24. The summed E-state index contributed by atoms with van der Waals surface area (Å²) < 4.78 is 0. The van der Waals surface area contributed by atoms with Crippen molar-refractivity contribution in [3.63, 3.8) is 0 Å². The van der Waals surface area contributed by atoms with Crippen molar-refractivity contribution in [2.24, 2.45) is 10.2 Å². The van der Waals surface area contributed by atoms with Crippen LogP contribution in [0, 0.1) is 0 Å². The Morgan fingerprint density at radius 2 is 1.55 bits per heavy atom. The molecule has 1 aliphatic rings. The van der Waals surface area contributed by atoms with E-state index in [0.29, 0.717) is 0 Å². The number of rotatable bonds is 2. The molecular formula is C17H11N3. The van der Waals surface area contributed by atoms with E-state index in [1.165, 1.54) is 0 Å². The summed E-state index contributed by atoms with van der Waals surface area (Å²) in [6.45, 7) is 0. The highest BCUT2D eigenvalue weighted by atomic mass is 15.1. The Balaban J connectivity index is 1.74. The summed E-state index contributed by atoms with van der Waals surface area (Å²) in [5.74, 6) is 0. The average Bonchev–Trinajstić information content (AvgIpc) is 2.90. The third-order valence-corrected chi connectivity index (χ3v) is 3.41. The molecule has 0 amide bonds. The van der Waals surface area contributed by atoms with Gasteiger partial charge >= 0.3 is 0 Å². The van der Waals surface area contributed by atoms with Crippen molar-refractivity contribution in [1.82, 2.24) is 4.98 Å². The lowest BCUT2D eigenvalue weighted by molar-refractivity contribution is 1.31. The molecule has 0 fully saturated rings. The Hall–Kier alpha value is -2.81. The molecular weight excluding hydrogens is 246 g/mol. The summed E-state index contributed by atoms with van der Waals surface area (Å²) in [7, 11) is 0. The first-order valence-electron chi connectivity index (χ1n) is 6.48. The normalized spacial score (nSPS) is 11.8. The number of aromatic nitrogens is 1. The van der Waals surface area contributed by atoms with Crippen molar-refractivity contribution in [2.75, 3.05) is 0 Å². The van der Waals surface area contributed by atoms with Gasteiger partial charge in [-0.15, -0.1) is 5.11 Å². The van der Waals surface area contributed by atoms with Crippen LogP contribution in [0.4, 0.5) is 11.4 Å². The van der Waals surface area contributed by atoms with Gasteiger partial charge in [0, 0.05) is 17.3 Å². The van der Waals surface area contributed by atoms with Gasteiger partial charge in [-0.1, -0.05) is 30.3 Å². The fourth-order valence-corrected chi connectivity index (χ4v) is 2.37. The molecule has 1 aromatic heterocycles. The molecule has 0 N–H and O–H groups in total. The van der Waals surface area contributed by atoms with Crippen molar-refractivity contribution >= 4 is 11.4 Å². The molecule has 0 spiro atoms. The summed E-state index contributed by atoms with van der Waals surface area (Å²) in [6, 6.07) is 20.4. The fraction of sp³-hybridized carbons (Fsp3) is 0. The molecule has 0 atom stereocenters.